The fraction of sp³-hybridized carbons (Fsp3) is 0.818. The minimum Gasteiger partial charge on any atom is -0.330 e. The lowest BCUT2D eigenvalue weighted by atomic mass is 9.99. The quantitative estimate of drug-likeness (QED) is 0.878. The third-order valence-corrected chi connectivity index (χ3v) is 4.96. The third kappa shape index (κ3) is 3.71. The molecule has 1 aromatic heterocycles. The second-order valence-electron chi connectivity index (χ2n) is 4.24. The Morgan fingerprint density at radius 3 is 2.69 bits per heavy atom. The number of hydrogen-bond acceptors (Lipinski definition) is 5. The van der Waals surface area contributed by atoms with E-state index >= 15 is 0 Å². The summed E-state index contributed by atoms with van der Waals surface area (Å²) < 4.78 is 0. The second kappa shape index (κ2) is 6.57. The number of rotatable bonds is 5. The highest BCUT2D eigenvalue weighted by molar-refractivity contribution is 7.99. The Hall–Kier alpha value is -0.130. The van der Waals surface area contributed by atoms with Gasteiger partial charge in [-0.2, -0.15) is 11.8 Å². The first-order valence-electron chi connectivity index (χ1n) is 5.97. The van der Waals surface area contributed by atoms with Crippen LogP contribution in [0.4, 0.5) is 0 Å². The van der Waals surface area contributed by atoms with Crippen molar-refractivity contribution >= 4 is 23.1 Å². The van der Waals surface area contributed by atoms with Gasteiger partial charge in [-0.3, -0.25) is 0 Å². The average molecular weight is 257 g/mol. The maximum atomic E-state index is 5.49. The predicted octanol–water partition coefficient (Wildman–Crippen LogP) is 2.12. The molecule has 0 atom stereocenters. The summed E-state index contributed by atoms with van der Waals surface area (Å²) in [5.41, 5.74) is 5.49. The van der Waals surface area contributed by atoms with Gasteiger partial charge in [-0.05, 0) is 43.2 Å². The molecule has 16 heavy (non-hydrogen) atoms. The van der Waals surface area contributed by atoms with Crippen LogP contribution >= 0.6 is 23.1 Å². The van der Waals surface area contributed by atoms with Crippen molar-refractivity contribution in [2.45, 2.75) is 32.1 Å². The van der Waals surface area contributed by atoms with Crippen LogP contribution in [0.2, 0.25) is 0 Å². The van der Waals surface area contributed by atoms with Crippen LogP contribution in [0.25, 0.3) is 0 Å². The summed E-state index contributed by atoms with van der Waals surface area (Å²) in [5, 5.41) is 10.9. The molecule has 0 aromatic carbocycles. The Morgan fingerprint density at radius 2 is 1.94 bits per heavy atom. The Balaban J connectivity index is 1.81. The molecule has 0 unspecified atom stereocenters. The maximum Gasteiger partial charge on any atom is 0.117 e. The Morgan fingerprint density at radius 1 is 1.19 bits per heavy atom. The minimum absolute atomic E-state index is 0.745. The molecule has 5 heteroatoms. The zero-order valence-corrected chi connectivity index (χ0v) is 11.2. The molecule has 0 aliphatic carbocycles. The standard InChI is InChI=1S/C11H19N3S2/c12-5-1-2-10-13-14-11(16-10)8-9-3-6-15-7-4-9/h9H,1-8,12H2. The molecular weight excluding hydrogens is 238 g/mol. The number of aryl methyl sites for hydroxylation is 1. The van der Waals surface area contributed by atoms with Gasteiger partial charge in [0.2, 0.25) is 0 Å². The molecule has 0 bridgehead atoms. The van der Waals surface area contributed by atoms with E-state index in [4.69, 9.17) is 5.73 Å². The van der Waals surface area contributed by atoms with Crippen molar-refractivity contribution in [3.8, 4) is 0 Å². The van der Waals surface area contributed by atoms with Crippen molar-refractivity contribution in [1.29, 1.82) is 0 Å². The molecule has 0 radical (unpaired) electrons. The lowest BCUT2D eigenvalue weighted by Crippen LogP contribution is -2.11. The van der Waals surface area contributed by atoms with Gasteiger partial charge in [0.1, 0.15) is 10.0 Å². The van der Waals surface area contributed by atoms with E-state index in [2.05, 4.69) is 22.0 Å². The molecule has 0 saturated carbocycles. The van der Waals surface area contributed by atoms with Gasteiger partial charge >= 0.3 is 0 Å². The SMILES string of the molecule is NCCCc1nnc(CC2CCSCC2)s1. The number of nitrogens with zero attached hydrogens (tertiary/aromatic N) is 2. The van der Waals surface area contributed by atoms with Crippen LogP contribution in [0.3, 0.4) is 0 Å². The first-order valence-corrected chi connectivity index (χ1v) is 7.94. The summed E-state index contributed by atoms with van der Waals surface area (Å²) >= 11 is 3.86. The monoisotopic (exact) mass is 257 g/mol. The lowest BCUT2D eigenvalue weighted by Gasteiger charge is -2.19. The fourth-order valence-electron chi connectivity index (χ4n) is 1.92. The first-order chi connectivity index (χ1) is 7.88. The van der Waals surface area contributed by atoms with Crippen molar-refractivity contribution in [3.05, 3.63) is 10.0 Å². The highest BCUT2D eigenvalue weighted by Gasteiger charge is 2.16. The van der Waals surface area contributed by atoms with Gasteiger partial charge in [0.15, 0.2) is 0 Å². The fourth-order valence-corrected chi connectivity index (χ4v) is 4.13. The molecule has 0 spiro atoms. The molecule has 90 valence electrons. The highest BCUT2D eigenvalue weighted by Crippen LogP contribution is 2.26. The zero-order valence-electron chi connectivity index (χ0n) is 9.52. The van der Waals surface area contributed by atoms with Gasteiger partial charge in [-0.1, -0.05) is 0 Å². The van der Waals surface area contributed by atoms with Gasteiger partial charge in [-0.25, -0.2) is 0 Å². The molecule has 1 aliphatic heterocycles. The van der Waals surface area contributed by atoms with Crippen molar-refractivity contribution in [2.75, 3.05) is 18.1 Å². The van der Waals surface area contributed by atoms with E-state index in [1.54, 1.807) is 11.3 Å². The number of hydrogen-bond donors (Lipinski definition) is 1. The molecule has 1 fully saturated rings. The van der Waals surface area contributed by atoms with Crippen LogP contribution in [-0.4, -0.2) is 28.2 Å². The Labute approximate surface area is 105 Å². The van der Waals surface area contributed by atoms with Gasteiger partial charge in [0, 0.05) is 12.8 Å². The number of aromatic nitrogens is 2. The molecule has 1 saturated heterocycles. The predicted molar refractivity (Wildman–Crippen MR) is 71.0 cm³/mol. The highest BCUT2D eigenvalue weighted by atomic mass is 32.2. The summed E-state index contributed by atoms with van der Waals surface area (Å²) in [6, 6.07) is 0. The maximum absolute atomic E-state index is 5.49. The Kier molecular flexibility index (Phi) is 5.06. The van der Waals surface area contributed by atoms with E-state index < -0.39 is 0 Å². The van der Waals surface area contributed by atoms with E-state index in [1.807, 2.05) is 0 Å². The van der Waals surface area contributed by atoms with E-state index in [1.165, 1.54) is 29.4 Å². The molecule has 0 amide bonds. The van der Waals surface area contributed by atoms with Crippen molar-refractivity contribution in [3.63, 3.8) is 0 Å². The van der Waals surface area contributed by atoms with Crippen molar-refractivity contribution in [2.24, 2.45) is 11.7 Å². The van der Waals surface area contributed by atoms with Crippen LogP contribution in [-0.2, 0) is 12.8 Å². The average Bonchev–Trinajstić information content (AvgIpc) is 2.75. The summed E-state index contributed by atoms with van der Waals surface area (Å²) in [5.74, 6) is 3.49. The first kappa shape index (κ1) is 12.3. The van der Waals surface area contributed by atoms with Crippen LogP contribution in [0.15, 0.2) is 0 Å². The van der Waals surface area contributed by atoms with Gasteiger partial charge in [0.05, 0.1) is 0 Å². The molecule has 2 heterocycles. The second-order valence-corrected chi connectivity index (χ2v) is 6.61. The molecule has 2 rings (SSSR count). The normalized spacial score (nSPS) is 17.8. The molecule has 2 N–H and O–H groups in total. The molecule has 1 aliphatic rings. The molecular formula is C11H19N3S2. The molecule has 3 nitrogen and oxygen atoms in total. The van der Waals surface area contributed by atoms with Gasteiger partial charge in [0.25, 0.3) is 0 Å². The summed E-state index contributed by atoms with van der Waals surface area (Å²) in [4.78, 5) is 0. The largest absolute Gasteiger partial charge is 0.330 e. The van der Waals surface area contributed by atoms with Crippen molar-refractivity contribution in [1.82, 2.24) is 10.2 Å². The van der Waals surface area contributed by atoms with Crippen LogP contribution in [0.5, 0.6) is 0 Å². The third-order valence-electron chi connectivity index (χ3n) is 2.91. The van der Waals surface area contributed by atoms with Crippen molar-refractivity contribution < 1.29 is 0 Å². The topological polar surface area (TPSA) is 51.8 Å². The summed E-state index contributed by atoms with van der Waals surface area (Å²) in [7, 11) is 0. The lowest BCUT2D eigenvalue weighted by molar-refractivity contribution is 0.485. The van der Waals surface area contributed by atoms with E-state index in [0.29, 0.717) is 0 Å². The zero-order chi connectivity index (χ0) is 11.2. The van der Waals surface area contributed by atoms with Crippen LogP contribution in [0.1, 0.15) is 29.3 Å². The van der Waals surface area contributed by atoms with Gasteiger partial charge < -0.3 is 5.73 Å². The molecule has 1 aromatic rings. The van der Waals surface area contributed by atoms with E-state index in [-0.39, 0.29) is 0 Å². The minimum atomic E-state index is 0.745. The smallest absolute Gasteiger partial charge is 0.117 e. The van der Waals surface area contributed by atoms with E-state index in [9.17, 15) is 0 Å². The summed E-state index contributed by atoms with van der Waals surface area (Å²) in [6.07, 6.45) is 5.86. The van der Waals surface area contributed by atoms with Crippen LogP contribution in [0, 0.1) is 5.92 Å². The van der Waals surface area contributed by atoms with E-state index in [0.717, 1.165) is 36.7 Å². The Bertz CT molecular complexity index is 308. The van der Waals surface area contributed by atoms with Gasteiger partial charge in [-0.15, -0.1) is 21.5 Å². The number of thioether (sulfide) groups is 1. The summed E-state index contributed by atoms with van der Waals surface area (Å²) in [6.45, 7) is 0.745. The number of nitrogens with two attached hydrogens (primary N) is 1. The van der Waals surface area contributed by atoms with Crippen LogP contribution < -0.4 is 5.73 Å².